The maximum atomic E-state index is 13.9. The normalized spacial score (nSPS) is 21.2. The predicted octanol–water partition coefficient (Wildman–Crippen LogP) is 4.36. The highest BCUT2D eigenvalue weighted by Gasteiger charge is 2.58. The number of nitrogens with zero attached hydrogens (tertiary/aromatic N) is 1. The molecular formula is C22H28NO7P. The van der Waals surface area contributed by atoms with Crippen molar-refractivity contribution >= 4 is 19.3 Å². The Labute approximate surface area is 182 Å². The molecule has 9 heteroatoms. The van der Waals surface area contributed by atoms with Crippen molar-refractivity contribution in [3.63, 3.8) is 0 Å². The van der Waals surface area contributed by atoms with Crippen molar-refractivity contribution in [2.45, 2.75) is 31.7 Å². The quantitative estimate of drug-likeness (QED) is 0.412. The van der Waals surface area contributed by atoms with Gasteiger partial charge in [-0.1, -0.05) is 30.3 Å². The lowest BCUT2D eigenvalue weighted by atomic mass is 10.00. The standard InChI is InChI=1S/C22H28NO7P/c1-5-28-31(25,29-6-2)21-19(16-12-14-18(26-3)15-13-16)23(17-10-8-7-9-11-17)30-20(21)22(24)27-4/h7-15,19-21H,5-6H2,1-4H3/t19-,20-,21-/m1/s1. The zero-order valence-corrected chi connectivity index (χ0v) is 19.0. The third-order valence-corrected chi connectivity index (χ3v) is 7.52. The van der Waals surface area contributed by atoms with Gasteiger partial charge in [0, 0.05) is 0 Å². The van der Waals surface area contributed by atoms with Gasteiger partial charge in [0.15, 0.2) is 6.10 Å². The summed E-state index contributed by atoms with van der Waals surface area (Å²) in [5.74, 6) is 0.0226. The number of benzene rings is 2. The van der Waals surface area contributed by atoms with Gasteiger partial charge < -0.3 is 18.5 Å². The van der Waals surface area contributed by atoms with Gasteiger partial charge in [0.25, 0.3) is 0 Å². The Hall–Kier alpha value is -2.38. The molecule has 0 unspecified atom stereocenters. The van der Waals surface area contributed by atoms with Gasteiger partial charge in [-0.2, -0.15) is 0 Å². The molecule has 0 amide bonds. The van der Waals surface area contributed by atoms with E-state index < -0.39 is 31.4 Å². The SMILES string of the molecule is CCOP(=O)(OCC)[C@@H]1[C@@H](c2ccc(OC)cc2)N(c2ccccc2)O[C@H]1C(=O)OC. The highest BCUT2D eigenvalue weighted by molar-refractivity contribution is 7.54. The van der Waals surface area contributed by atoms with Gasteiger partial charge in [-0.3, -0.25) is 9.40 Å². The van der Waals surface area contributed by atoms with Gasteiger partial charge >= 0.3 is 13.6 Å². The molecule has 3 atom stereocenters. The predicted molar refractivity (Wildman–Crippen MR) is 116 cm³/mol. The molecule has 1 heterocycles. The van der Waals surface area contributed by atoms with E-state index in [2.05, 4.69) is 0 Å². The van der Waals surface area contributed by atoms with Crippen LogP contribution in [-0.2, 0) is 28.0 Å². The van der Waals surface area contributed by atoms with Gasteiger partial charge in [0.2, 0.25) is 0 Å². The molecule has 0 radical (unpaired) electrons. The Morgan fingerprint density at radius 3 is 2.13 bits per heavy atom. The minimum absolute atomic E-state index is 0.155. The lowest BCUT2D eigenvalue weighted by Crippen LogP contribution is -2.35. The van der Waals surface area contributed by atoms with Crippen molar-refractivity contribution in [3.05, 3.63) is 60.2 Å². The van der Waals surface area contributed by atoms with Crippen LogP contribution in [0.4, 0.5) is 5.69 Å². The van der Waals surface area contributed by atoms with E-state index >= 15 is 0 Å². The largest absolute Gasteiger partial charge is 0.497 e. The van der Waals surface area contributed by atoms with Gasteiger partial charge in [-0.15, -0.1) is 0 Å². The van der Waals surface area contributed by atoms with Crippen molar-refractivity contribution < 1.29 is 32.7 Å². The number of hydroxylamine groups is 1. The van der Waals surface area contributed by atoms with E-state index in [1.54, 1.807) is 38.2 Å². The second-order valence-corrected chi connectivity index (χ2v) is 8.99. The summed E-state index contributed by atoms with van der Waals surface area (Å²) in [5, 5.41) is 1.58. The second kappa shape index (κ2) is 10.3. The fraction of sp³-hybridized carbons (Fsp3) is 0.409. The number of ether oxygens (including phenoxy) is 2. The van der Waals surface area contributed by atoms with Crippen LogP contribution in [0.25, 0.3) is 0 Å². The van der Waals surface area contributed by atoms with Crippen LogP contribution in [0.5, 0.6) is 5.75 Å². The van der Waals surface area contributed by atoms with Crippen molar-refractivity contribution in [2.24, 2.45) is 0 Å². The summed E-state index contributed by atoms with van der Waals surface area (Å²) in [6.07, 6.45) is -1.18. The first kappa shape index (κ1) is 23.3. The topological polar surface area (TPSA) is 83.5 Å². The Kier molecular flexibility index (Phi) is 7.73. The summed E-state index contributed by atoms with van der Waals surface area (Å²) in [6.45, 7) is 3.77. The number of para-hydroxylation sites is 1. The third-order valence-electron chi connectivity index (χ3n) is 5.00. The van der Waals surface area contributed by atoms with Gasteiger partial charge in [0.05, 0.1) is 39.2 Å². The summed E-state index contributed by atoms with van der Waals surface area (Å²) >= 11 is 0. The number of hydrogen-bond acceptors (Lipinski definition) is 8. The monoisotopic (exact) mass is 449 g/mol. The Balaban J connectivity index is 2.18. The van der Waals surface area contributed by atoms with E-state index in [-0.39, 0.29) is 13.2 Å². The molecule has 0 aromatic heterocycles. The summed E-state index contributed by atoms with van der Waals surface area (Å²) < 4.78 is 35.5. The van der Waals surface area contributed by atoms with Crippen molar-refractivity contribution in [1.29, 1.82) is 0 Å². The molecule has 0 saturated carbocycles. The van der Waals surface area contributed by atoms with E-state index in [0.717, 1.165) is 5.56 Å². The Morgan fingerprint density at radius 1 is 1.00 bits per heavy atom. The molecule has 0 spiro atoms. The van der Waals surface area contributed by atoms with Crippen LogP contribution in [0.1, 0.15) is 25.5 Å². The minimum atomic E-state index is -3.79. The first-order valence-electron chi connectivity index (χ1n) is 10.1. The van der Waals surface area contributed by atoms with Crippen LogP contribution in [0, 0.1) is 0 Å². The van der Waals surface area contributed by atoms with Crippen LogP contribution in [0.2, 0.25) is 0 Å². The van der Waals surface area contributed by atoms with Crippen LogP contribution in [0.15, 0.2) is 54.6 Å². The van der Waals surface area contributed by atoms with Crippen LogP contribution in [0.3, 0.4) is 0 Å². The number of anilines is 1. The molecule has 3 rings (SSSR count). The zero-order valence-electron chi connectivity index (χ0n) is 18.1. The first-order chi connectivity index (χ1) is 15.0. The molecule has 0 bridgehead atoms. The minimum Gasteiger partial charge on any atom is -0.497 e. The molecule has 0 N–H and O–H groups in total. The number of rotatable bonds is 9. The number of methoxy groups -OCH3 is 2. The zero-order chi connectivity index (χ0) is 22.4. The first-order valence-corrected chi connectivity index (χ1v) is 11.7. The lowest BCUT2D eigenvalue weighted by molar-refractivity contribution is -0.151. The van der Waals surface area contributed by atoms with Gasteiger partial charge in [-0.25, -0.2) is 9.86 Å². The number of carbonyl (C=O) groups is 1. The highest BCUT2D eigenvalue weighted by atomic mass is 31.2. The Bertz CT molecular complexity index is 896. The summed E-state index contributed by atoms with van der Waals surface area (Å²) in [4.78, 5) is 18.8. The summed E-state index contributed by atoms with van der Waals surface area (Å²) in [5.41, 5.74) is 0.508. The van der Waals surface area contributed by atoms with Crippen LogP contribution in [-0.4, -0.2) is 45.2 Å². The maximum Gasteiger partial charge on any atom is 0.339 e. The number of esters is 1. The van der Waals surface area contributed by atoms with E-state index in [0.29, 0.717) is 11.4 Å². The van der Waals surface area contributed by atoms with E-state index in [4.69, 9.17) is 23.4 Å². The highest BCUT2D eigenvalue weighted by Crippen LogP contribution is 2.62. The molecule has 1 fully saturated rings. The third kappa shape index (κ3) is 4.77. The number of carbonyl (C=O) groups excluding carboxylic acids is 1. The average Bonchev–Trinajstić information content (AvgIpc) is 3.21. The lowest BCUT2D eigenvalue weighted by Gasteiger charge is -2.31. The van der Waals surface area contributed by atoms with Crippen molar-refractivity contribution in [3.8, 4) is 5.75 Å². The van der Waals surface area contributed by atoms with Crippen molar-refractivity contribution in [1.82, 2.24) is 0 Å². The van der Waals surface area contributed by atoms with Crippen LogP contribution >= 0.6 is 7.60 Å². The number of hydrogen-bond donors (Lipinski definition) is 0. The smallest absolute Gasteiger partial charge is 0.339 e. The Morgan fingerprint density at radius 2 is 1.61 bits per heavy atom. The maximum absolute atomic E-state index is 13.9. The molecule has 168 valence electrons. The van der Waals surface area contributed by atoms with E-state index in [9.17, 15) is 9.36 Å². The van der Waals surface area contributed by atoms with E-state index in [1.807, 2.05) is 42.5 Å². The molecule has 2 aromatic rings. The van der Waals surface area contributed by atoms with Crippen molar-refractivity contribution in [2.75, 3.05) is 32.5 Å². The van der Waals surface area contributed by atoms with Gasteiger partial charge in [-0.05, 0) is 43.7 Å². The van der Waals surface area contributed by atoms with Gasteiger partial charge in [0.1, 0.15) is 11.4 Å². The molecule has 1 saturated heterocycles. The van der Waals surface area contributed by atoms with E-state index in [1.165, 1.54) is 7.11 Å². The average molecular weight is 449 g/mol. The molecule has 8 nitrogen and oxygen atoms in total. The molecular weight excluding hydrogens is 421 g/mol. The molecule has 1 aliphatic heterocycles. The summed E-state index contributed by atoms with van der Waals surface area (Å²) in [6, 6.07) is 15.9. The van der Waals surface area contributed by atoms with Crippen LogP contribution < -0.4 is 9.80 Å². The fourth-order valence-corrected chi connectivity index (χ4v) is 5.98. The molecule has 31 heavy (non-hydrogen) atoms. The molecule has 0 aliphatic carbocycles. The molecule has 1 aliphatic rings. The fourth-order valence-electron chi connectivity index (χ4n) is 3.69. The molecule has 2 aromatic carbocycles. The second-order valence-electron chi connectivity index (χ2n) is 6.79. The summed E-state index contributed by atoms with van der Waals surface area (Å²) in [7, 11) is -0.939.